The second-order valence-electron chi connectivity index (χ2n) is 11.1. The zero-order chi connectivity index (χ0) is 31.3. The maximum atomic E-state index is 13.6. The average molecular weight is 587 g/mol. The number of guanidine groups is 1. The van der Waals surface area contributed by atoms with Crippen LogP contribution in [0.25, 0.3) is 0 Å². The van der Waals surface area contributed by atoms with Crippen LogP contribution in [0.4, 0.5) is 0 Å². The van der Waals surface area contributed by atoms with Crippen LogP contribution in [0, 0.1) is 11.3 Å². The van der Waals surface area contributed by atoms with Gasteiger partial charge in [-0.2, -0.15) is 0 Å². The number of carbonyl (C=O) groups is 5. The normalized spacial score (nSPS) is 24.5. The van der Waals surface area contributed by atoms with Crippen molar-refractivity contribution in [1.82, 2.24) is 31.9 Å². The van der Waals surface area contributed by atoms with Crippen LogP contribution < -0.4 is 37.6 Å². The zero-order valence-electron chi connectivity index (χ0n) is 25.0. The van der Waals surface area contributed by atoms with E-state index in [0.29, 0.717) is 37.9 Å². The van der Waals surface area contributed by atoms with Gasteiger partial charge in [-0.05, 0) is 51.0 Å². The molecule has 0 aliphatic carbocycles. The SMILES string of the molecule is CC[C@@H]1NC(=O)[C@H](CCCNC(=N)N)NC(=O)[C@](C)(NC(=O)C(C)C)CCCCNC(=O)[C@@H](c2ccccc2)NC1=O. The lowest BCUT2D eigenvalue weighted by molar-refractivity contribution is -0.137. The summed E-state index contributed by atoms with van der Waals surface area (Å²) in [7, 11) is 0. The van der Waals surface area contributed by atoms with Crippen molar-refractivity contribution in [2.24, 2.45) is 11.7 Å². The third kappa shape index (κ3) is 10.3. The second-order valence-corrected chi connectivity index (χ2v) is 11.1. The van der Waals surface area contributed by atoms with E-state index in [9.17, 15) is 24.0 Å². The molecule has 0 bridgehead atoms. The molecule has 0 spiro atoms. The summed E-state index contributed by atoms with van der Waals surface area (Å²) in [5, 5.41) is 24.0. The molecule has 0 aromatic heterocycles. The first kappa shape index (κ1) is 34.0. The van der Waals surface area contributed by atoms with Gasteiger partial charge >= 0.3 is 0 Å². The second kappa shape index (κ2) is 16.3. The van der Waals surface area contributed by atoms with Gasteiger partial charge in [0.05, 0.1) is 0 Å². The molecule has 42 heavy (non-hydrogen) atoms. The molecule has 1 saturated heterocycles. The summed E-state index contributed by atoms with van der Waals surface area (Å²) < 4.78 is 0. The van der Waals surface area contributed by atoms with Crippen LogP contribution in [0.1, 0.15) is 77.8 Å². The molecule has 1 aliphatic heterocycles. The summed E-state index contributed by atoms with van der Waals surface area (Å²) >= 11 is 0. The minimum absolute atomic E-state index is 0.180. The molecule has 1 aromatic carbocycles. The van der Waals surface area contributed by atoms with Gasteiger partial charge in [0.15, 0.2) is 5.96 Å². The Morgan fingerprint density at radius 3 is 2.31 bits per heavy atom. The van der Waals surface area contributed by atoms with Crippen molar-refractivity contribution in [2.45, 2.75) is 89.9 Å². The molecule has 13 nitrogen and oxygen atoms in total. The third-order valence-corrected chi connectivity index (χ3v) is 7.16. The van der Waals surface area contributed by atoms with Crippen molar-refractivity contribution in [3.05, 3.63) is 35.9 Å². The van der Waals surface area contributed by atoms with E-state index in [1.54, 1.807) is 52.0 Å². The Kier molecular flexibility index (Phi) is 13.2. The molecule has 0 saturated carbocycles. The van der Waals surface area contributed by atoms with Crippen LogP contribution in [0.3, 0.4) is 0 Å². The zero-order valence-corrected chi connectivity index (χ0v) is 25.0. The van der Waals surface area contributed by atoms with Crippen molar-refractivity contribution >= 4 is 35.5 Å². The van der Waals surface area contributed by atoms with E-state index < -0.39 is 47.3 Å². The van der Waals surface area contributed by atoms with Gasteiger partial charge in [0.1, 0.15) is 23.7 Å². The summed E-state index contributed by atoms with van der Waals surface area (Å²) in [5.74, 6) is -2.95. The summed E-state index contributed by atoms with van der Waals surface area (Å²) in [6.45, 7) is 7.38. The number of nitrogens with one attached hydrogen (secondary N) is 7. The predicted molar refractivity (Wildman–Crippen MR) is 159 cm³/mol. The van der Waals surface area contributed by atoms with Crippen LogP contribution in [-0.2, 0) is 24.0 Å². The first-order valence-corrected chi connectivity index (χ1v) is 14.5. The highest BCUT2D eigenvalue weighted by Gasteiger charge is 2.38. The average Bonchev–Trinajstić information content (AvgIpc) is 2.95. The Morgan fingerprint density at radius 2 is 1.69 bits per heavy atom. The van der Waals surface area contributed by atoms with Gasteiger partial charge < -0.3 is 37.6 Å². The first-order chi connectivity index (χ1) is 19.9. The molecule has 1 heterocycles. The summed E-state index contributed by atoms with van der Waals surface area (Å²) in [6.07, 6.45) is 2.06. The molecule has 0 unspecified atom stereocenters. The van der Waals surface area contributed by atoms with E-state index in [-0.39, 0.29) is 37.0 Å². The molecule has 0 radical (unpaired) electrons. The highest BCUT2D eigenvalue weighted by molar-refractivity contribution is 5.97. The monoisotopic (exact) mass is 586 g/mol. The molecule has 2 rings (SSSR count). The van der Waals surface area contributed by atoms with Crippen LogP contribution >= 0.6 is 0 Å². The number of hydrogen-bond donors (Lipinski definition) is 8. The van der Waals surface area contributed by atoms with Crippen LogP contribution in [0.2, 0.25) is 0 Å². The lowest BCUT2D eigenvalue weighted by Crippen LogP contribution is -2.62. The molecule has 1 fully saturated rings. The third-order valence-electron chi connectivity index (χ3n) is 7.16. The van der Waals surface area contributed by atoms with Gasteiger partial charge in [-0.1, -0.05) is 51.1 Å². The van der Waals surface area contributed by atoms with Gasteiger partial charge in [0.2, 0.25) is 29.5 Å². The molecule has 1 aliphatic rings. The molecule has 232 valence electrons. The Labute approximate surface area is 247 Å². The van der Waals surface area contributed by atoms with Crippen LogP contribution in [0.15, 0.2) is 30.3 Å². The van der Waals surface area contributed by atoms with Gasteiger partial charge in [-0.25, -0.2) is 0 Å². The molecular weight excluding hydrogens is 540 g/mol. The quantitative estimate of drug-likeness (QED) is 0.121. The number of nitrogens with two attached hydrogens (primary N) is 1. The summed E-state index contributed by atoms with van der Waals surface area (Å²) in [4.78, 5) is 66.3. The number of carbonyl (C=O) groups excluding carboxylic acids is 5. The Morgan fingerprint density at radius 1 is 1.02 bits per heavy atom. The Bertz CT molecular complexity index is 1110. The molecule has 5 amide bonds. The molecule has 1 aromatic rings. The smallest absolute Gasteiger partial charge is 0.247 e. The van der Waals surface area contributed by atoms with E-state index >= 15 is 0 Å². The highest BCUT2D eigenvalue weighted by atomic mass is 16.2. The molecule has 4 atom stereocenters. The van der Waals surface area contributed by atoms with Crippen LogP contribution in [0.5, 0.6) is 0 Å². The fraction of sp³-hybridized carbons (Fsp3) is 0.586. The van der Waals surface area contributed by atoms with Crippen molar-refractivity contribution < 1.29 is 24.0 Å². The minimum Gasteiger partial charge on any atom is -0.370 e. The number of rotatable bonds is 8. The lowest BCUT2D eigenvalue weighted by atomic mass is 9.91. The Hall–Kier alpha value is -4.16. The number of hydrogen-bond acceptors (Lipinski definition) is 6. The largest absolute Gasteiger partial charge is 0.370 e. The van der Waals surface area contributed by atoms with Crippen LogP contribution in [-0.4, -0.2) is 66.2 Å². The van der Waals surface area contributed by atoms with E-state index in [2.05, 4.69) is 31.9 Å². The van der Waals surface area contributed by atoms with E-state index in [1.165, 1.54) is 0 Å². The summed E-state index contributed by atoms with van der Waals surface area (Å²) in [5.41, 5.74) is 4.63. The highest BCUT2D eigenvalue weighted by Crippen LogP contribution is 2.18. The standard InChI is InChI=1S/C29H46N8O5/c1-5-20-24(39)36-22(19-12-7-6-8-13-19)26(41)32-16-10-9-15-29(4,37-23(38)18(2)3)27(42)35-21(25(40)34-20)14-11-17-33-28(30)31/h6-8,12-13,18,20-22H,5,9-11,14-17H2,1-4H3,(H,32,41)(H,34,40)(H,35,42)(H,36,39)(H,37,38)(H4,30,31,33)/t20-,21-,22+,29+/m0/s1. The van der Waals surface area contributed by atoms with Crippen molar-refractivity contribution in [2.75, 3.05) is 13.1 Å². The molecule has 9 N–H and O–H groups in total. The van der Waals surface area contributed by atoms with Gasteiger partial charge in [-0.3, -0.25) is 29.4 Å². The van der Waals surface area contributed by atoms with Crippen molar-refractivity contribution in [3.63, 3.8) is 0 Å². The molecule has 13 heteroatoms. The Balaban J connectivity index is 2.41. The maximum absolute atomic E-state index is 13.6. The number of amides is 5. The fourth-order valence-electron chi connectivity index (χ4n) is 4.50. The summed E-state index contributed by atoms with van der Waals surface area (Å²) in [6, 6.07) is 5.85. The van der Waals surface area contributed by atoms with Gasteiger partial charge in [-0.15, -0.1) is 0 Å². The number of benzene rings is 1. The van der Waals surface area contributed by atoms with E-state index in [1.807, 2.05) is 6.07 Å². The van der Waals surface area contributed by atoms with E-state index in [0.717, 1.165) is 0 Å². The van der Waals surface area contributed by atoms with Crippen molar-refractivity contribution in [1.29, 1.82) is 5.41 Å². The van der Waals surface area contributed by atoms with Gasteiger partial charge in [0.25, 0.3) is 0 Å². The van der Waals surface area contributed by atoms with E-state index in [4.69, 9.17) is 11.1 Å². The topological polar surface area (TPSA) is 207 Å². The van der Waals surface area contributed by atoms with Gasteiger partial charge in [0, 0.05) is 19.0 Å². The first-order valence-electron chi connectivity index (χ1n) is 14.5. The predicted octanol–water partition coefficient (Wildman–Crippen LogP) is 0.318. The molecular formula is C29H46N8O5. The lowest BCUT2D eigenvalue weighted by Gasteiger charge is -2.33. The minimum atomic E-state index is -1.33. The maximum Gasteiger partial charge on any atom is 0.247 e. The van der Waals surface area contributed by atoms with Crippen molar-refractivity contribution in [3.8, 4) is 0 Å². The fourth-order valence-corrected chi connectivity index (χ4v) is 4.50.